The number of fused-ring (bicyclic) bond motifs is 2. The van der Waals surface area contributed by atoms with Crippen molar-refractivity contribution in [2.45, 2.75) is 26.2 Å². The van der Waals surface area contributed by atoms with Gasteiger partial charge in [-0.2, -0.15) is 0 Å². The van der Waals surface area contributed by atoms with Crippen LogP contribution in [0.2, 0.25) is 0 Å². The molecule has 29 heavy (non-hydrogen) atoms. The number of hydrogen-bond acceptors (Lipinski definition) is 5. The molecule has 0 amide bonds. The minimum atomic E-state index is -0.326. The van der Waals surface area contributed by atoms with Crippen molar-refractivity contribution in [2.24, 2.45) is 0 Å². The van der Waals surface area contributed by atoms with Crippen molar-refractivity contribution in [3.8, 4) is 11.5 Å². The van der Waals surface area contributed by atoms with Crippen LogP contribution >= 0.6 is 0 Å². The Kier molecular flexibility index (Phi) is 4.19. The number of hydrogen-bond donors (Lipinski definition) is 2. The van der Waals surface area contributed by atoms with E-state index in [1.54, 1.807) is 24.3 Å². The van der Waals surface area contributed by atoms with Gasteiger partial charge in [0.05, 0.1) is 16.8 Å². The third kappa shape index (κ3) is 3.05. The Hall–Kier alpha value is -3.60. The molecule has 0 heterocycles. The van der Waals surface area contributed by atoms with Gasteiger partial charge in [-0.05, 0) is 23.1 Å². The summed E-state index contributed by atoms with van der Waals surface area (Å²) in [4.78, 5) is 25.9. The number of benzene rings is 3. The maximum Gasteiger partial charge on any atom is 0.196 e. The molecule has 0 saturated heterocycles. The largest absolute Gasteiger partial charge is 0.455 e. The van der Waals surface area contributed by atoms with Gasteiger partial charge in [0.15, 0.2) is 17.3 Å². The molecule has 0 atom stereocenters. The lowest BCUT2D eigenvalue weighted by Crippen LogP contribution is -2.24. The maximum absolute atomic E-state index is 13.0. The van der Waals surface area contributed by atoms with Gasteiger partial charge in [0.25, 0.3) is 0 Å². The Morgan fingerprint density at radius 3 is 1.90 bits per heavy atom. The van der Waals surface area contributed by atoms with Gasteiger partial charge in [0.2, 0.25) is 0 Å². The summed E-state index contributed by atoms with van der Waals surface area (Å²) in [6.45, 7) is 6.39. The molecule has 0 bridgehead atoms. The molecule has 5 heteroatoms. The standard InChI is InChI=1S/C24H22N2O3/c1-24(2,3)13-8-10-14(11-9-13)29-18-12-17(25)19-20(21(18)26)23(28)16-7-5-4-6-15(16)22(19)27/h4-12H,25-26H2,1-3H3. The lowest BCUT2D eigenvalue weighted by atomic mass is 9.82. The topological polar surface area (TPSA) is 95.4 Å². The van der Waals surface area contributed by atoms with E-state index in [4.69, 9.17) is 16.2 Å². The van der Waals surface area contributed by atoms with Gasteiger partial charge in [0, 0.05) is 22.9 Å². The van der Waals surface area contributed by atoms with Gasteiger partial charge in [0.1, 0.15) is 5.75 Å². The first kappa shape index (κ1) is 18.7. The minimum absolute atomic E-state index is 0.0218. The SMILES string of the molecule is CC(C)(C)c1ccc(Oc2cc(N)c3c(c2N)C(=O)c2ccccc2C3=O)cc1. The molecule has 1 aliphatic rings. The predicted molar refractivity (Wildman–Crippen MR) is 114 cm³/mol. The Balaban J connectivity index is 1.77. The number of nitrogens with two attached hydrogens (primary N) is 2. The molecule has 0 spiro atoms. The average molecular weight is 386 g/mol. The van der Waals surface area contributed by atoms with Crippen molar-refractivity contribution < 1.29 is 14.3 Å². The van der Waals surface area contributed by atoms with Gasteiger partial charge in [-0.15, -0.1) is 0 Å². The monoisotopic (exact) mass is 386 g/mol. The van der Waals surface area contributed by atoms with E-state index in [9.17, 15) is 9.59 Å². The van der Waals surface area contributed by atoms with E-state index in [-0.39, 0.29) is 45.2 Å². The average Bonchev–Trinajstić information content (AvgIpc) is 2.68. The Morgan fingerprint density at radius 2 is 1.34 bits per heavy atom. The molecule has 5 nitrogen and oxygen atoms in total. The first-order chi connectivity index (χ1) is 13.7. The van der Waals surface area contributed by atoms with E-state index in [0.717, 1.165) is 0 Å². The normalized spacial score (nSPS) is 13.1. The number of carbonyl (C=O) groups is 2. The van der Waals surface area contributed by atoms with Crippen LogP contribution in [-0.2, 0) is 5.41 Å². The summed E-state index contributed by atoms with van der Waals surface area (Å²) in [6, 6.07) is 15.8. The van der Waals surface area contributed by atoms with Crippen molar-refractivity contribution in [3.63, 3.8) is 0 Å². The van der Waals surface area contributed by atoms with Gasteiger partial charge >= 0.3 is 0 Å². The Morgan fingerprint density at radius 1 is 0.793 bits per heavy atom. The summed E-state index contributed by atoms with van der Waals surface area (Å²) in [5.41, 5.74) is 14.8. The Bertz CT molecular complexity index is 1160. The highest BCUT2D eigenvalue weighted by Crippen LogP contribution is 2.41. The summed E-state index contributed by atoms with van der Waals surface area (Å²) in [7, 11) is 0. The molecule has 0 radical (unpaired) electrons. The number of rotatable bonds is 2. The molecule has 0 fully saturated rings. The van der Waals surface area contributed by atoms with Crippen molar-refractivity contribution >= 4 is 22.9 Å². The van der Waals surface area contributed by atoms with Crippen LogP contribution in [0, 0.1) is 0 Å². The van der Waals surface area contributed by atoms with E-state index in [0.29, 0.717) is 16.9 Å². The molecular formula is C24H22N2O3. The van der Waals surface area contributed by atoms with Crippen molar-refractivity contribution in [3.05, 3.63) is 82.4 Å². The van der Waals surface area contributed by atoms with Crippen LogP contribution in [0.4, 0.5) is 11.4 Å². The molecule has 0 aliphatic heterocycles. The highest BCUT2D eigenvalue weighted by atomic mass is 16.5. The van der Waals surface area contributed by atoms with Crippen LogP contribution in [0.5, 0.6) is 11.5 Å². The van der Waals surface area contributed by atoms with Crippen LogP contribution < -0.4 is 16.2 Å². The quantitative estimate of drug-likeness (QED) is 0.486. The molecule has 0 saturated carbocycles. The van der Waals surface area contributed by atoms with Gasteiger partial charge in [-0.3, -0.25) is 9.59 Å². The number of anilines is 2. The first-order valence-electron chi connectivity index (χ1n) is 9.37. The highest BCUT2D eigenvalue weighted by molar-refractivity contribution is 6.32. The van der Waals surface area contributed by atoms with E-state index >= 15 is 0 Å². The predicted octanol–water partition coefficient (Wildman–Crippen LogP) is 4.72. The second kappa shape index (κ2) is 6.48. The van der Waals surface area contributed by atoms with Crippen molar-refractivity contribution in [1.29, 1.82) is 0 Å². The molecule has 146 valence electrons. The zero-order valence-electron chi connectivity index (χ0n) is 16.6. The fourth-order valence-electron chi connectivity index (χ4n) is 3.56. The molecule has 0 aromatic heterocycles. The van der Waals surface area contributed by atoms with Crippen LogP contribution in [0.25, 0.3) is 0 Å². The second-order valence-electron chi connectivity index (χ2n) is 8.21. The summed E-state index contributed by atoms with van der Waals surface area (Å²) < 4.78 is 5.93. The minimum Gasteiger partial charge on any atom is -0.455 e. The lowest BCUT2D eigenvalue weighted by molar-refractivity contribution is 0.0980. The number of ether oxygens (including phenoxy) is 1. The first-order valence-corrected chi connectivity index (χ1v) is 9.37. The van der Waals surface area contributed by atoms with Gasteiger partial charge in [-0.25, -0.2) is 0 Å². The number of ketones is 2. The summed E-state index contributed by atoms with van der Waals surface area (Å²) in [5, 5.41) is 0. The second-order valence-corrected chi connectivity index (χ2v) is 8.21. The van der Waals surface area contributed by atoms with Crippen LogP contribution in [0.15, 0.2) is 54.6 Å². The maximum atomic E-state index is 13.0. The van der Waals surface area contributed by atoms with E-state index in [2.05, 4.69) is 20.8 Å². The molecule has 1 aliphatic carbocycles. The van der Waals surface area contributed by atoms with Gasteiger partial charge in [-0.1, -0.05) is 57.2 Å². The van der Waals surface area contributed by atoms with Gasteiger partial charge < -0.3 is 16.2 Å². The molecule has 4 N–H and O–H groups in total. The summed E-state index contributed by atoms with van der Waals surface area (Å²) in [6.07, 6.45) is 0. The van der Waals surface area contributed by atoms with E-state index in [1.807, 2.05) is 24.3 Å². The summed E-state index contributed by atoms with van der Waals surface area (Å²) in [5.74, 6) is 0.192. The van der Waals surface area contributed by atoms with E-state index in [1.165, 1.54) is 11.6 Å². The molecule has 3 aromatic rings. The molecule has 3 aromatic carbocycles. The number of carbonyl (C=O) groups excluding carboxylic acids is 2. The molecule has 4 rings (SSSR count). The van der Waals surface area contributed by atoms with Crippen LogP contribution in [0.3, 0.4) is 0 Å². The van der Waals surface area contributed by atoms with E-state index < -0.39 is 0 Å². The lowest BCUT2D eigenvalue weighted by Gasteiger charge is -2.22. The zero-order valence-corrected chi connectivity index (χ0v) is 16.6. The molecule has 0 unspecified atom stereocenters. The van der Waals surface area contributed by atoms with Crippen LogP contribution in [0.1, 0.15) is 58.2 Å². The van der Waals surface area contributed by atoms with Crippen LogP contribution in [-0.4, -0.2) is 11.6 Å². The third-order valence-electron chi connectivity index (χ3n) is 5.18. The third-order valence-corrected chi connectivity index (χ3v) is 5.18. The summed E-state index contributed by atoms with van der Waals surface area (Å²) >= 11 is 0. The smallest absolute Gasteiger partial charge is 0.196 e. The number of nitrogen functional groups attached to an aromatic ring is 2. The molecular weight excluding hydrogens is 364 g/mol. The van der Waals surface area contributed by atoms with Crippen molar-refractivity contribution in [2.75, 3.05) is 11.5 Å². The fourth-order valence-corrected chi connectivity index (χ4v) is 3.56. The fraction of sp³-hybridized carbons (Fsp3) is 0.167. The zero-order chi connectivity index (χ0) is 20.9. The Labute approximate surface area is 169 Å². The van der Waals surface area contributed by atoms with Crippen molar-refractivity contribution in [1.82, 2.24) is 0 Å². The highest BCUT2D eigenvalue weighted by Gasteiger charge is 2.34.